The molecule has 0 aliphatic carbocycles. The van der Waals surface area contributed by atoms with Gasteiger partial charge in [0.15, 0.2) is 0 Å². The fraction of sp³-hybridized carbons (Fsp3) is 0.250. The summed E-state index contributed by atoms with van der Waals surface area (Å²) in [5, 5.41) is 8.94. The number of aliphatic carboxylic acids is 1. The number of rotatable bonds is 6. The van der Waals surface area contributed by atoms with E-state index >= 15 is 0 Å². The highest BCUT2D eigenvalue weighted by atomic mass is 19.4. The Morgan fingerprint density at radius 1 is 1.15 bits per heavy atom. The summed E-state index contributed by atoms with van der Waals surface area (Å²) >= 11 is 0. The molecular weight excluding hydrogens is 345 g/mol. The van der Waals surface area contributed by atoms with E-state index < -0.39 is 23.6 Å². The zero-order chi connectivity index (χ0) is 19.2. The van der Waals surface area contributed by atoms with Crippen molar-refractivity contribution < 1.29 is 27.8 Å². The van der Waals surface area contributed by atoms with Gasteiger partial charge >= 0.3 is 12.1 Å². The van der Waals surface area contributed by atoms with Crippen molar-refractivity contribution in [2.45, 2.75) is 32.0 Å². The molecule has 2 aromatic carbocycles. The van der Waals surface area contributed by atoms with Crippen LogP contribution in [0, 0.1) is 11.8 Å². The molecule has 2 aromatic rings. The molecule has 0 amide bonds. The van der Waals surface area contributed by atoms with Gasteiger partial charge in [-0.25, -0.2) is 0 Å². The molecule has 0 spiro atoms. The Kier molecular flexibility index (Phi) is 6.29. The van der Waals surface area contributed by atoms with Crippen LogP contribution in [-0.4, -0.2) is 11.1 Å². The number of hydrogen-bond donors (Lipinski definition) is 1. The Bertz CT molecular complexity index is 815. The van der Waals surface area contributed by atoms with E-state index in [4.69, 9.17) is 9.84 Å². The summed E-state index contributed by atoms with van der Waals surface area (Å²) in [6.07, 6.45) is -4.56. The van der Waals surface area contributed by atoms with Crippen LogP contribution in [0.3, 0.4) is 0 Å². The van der Waals surface area contributed by atoms with Crippen molar-refractivity contribution in [3.8, 4) is 17.6 Å². The Morgan fingerprint density at radius 2 is 1.81 bits per heavy atom. The molecule has 1 atom stereocenters. The molecule has 0 radical (unpaired) electrons. The molecule has 3 nitrogen and oxygen atoms in total. The Labute approximate surface area is 149 Å². The summed E-state index contributed by atoms with van der Waals surface area (Å²) in [7, 11) is 0. The highest BCUT2D eigenvalue weighted by molar-refractivity contribution is 5.69. The molecule has 6 heteroatoms. The fourth-order valence-electron chi connectivity index (χ4n) is 2.48. The summed E-state index contributed by atoms with van der Waals surface area (Å²) < 4.78 is 44.4. The van der Waals surface area contributed by atoms with Crippen LogP contribution in [0.4, 0.5) is 13.2 Å². The Hall–Kier alpha value is -2.94. The maximum absolute atomic E-state index is 13.0. The Morgan fingerprint density at radius 3 is 2.38 bits per heavy atom. The lowest BCUT2D eigenvalue weighted by atomic mass is 9.96. The number of benzene rings is 2. The van der Waals surface area contributed by atoms with Crippen LogP contribution < -0.4 is 4.74 Å². The van der Waals surface area contributed by atoms with Gasteiger partial charge in [0, 0.05) is 5.56 Å². The third kappa shape index (κ3) is 5.28. The number of carboxylic acid groups (broad SMARTS) is 1. The minimum absolute atomic E-state index is 0.0460. The zero-order valence-electron chi connectivity index (χ0n) is 14.0. The van der Waals surface area contributed by atoms with Gasteiger partial charge in [0.05, 0.1) is 17.9 Å². The number of carboxylic acids is 1. The van der Waals surface area contributed by atoms with E-state index in [1.807, 2.05) is 0 Å². The second-order valence-electron chi connectivity index (χ2n) is 5.56. The Balaban J connectivity index is 2.10. The molecule has 1 unspecified atom stereocenters. The van der Waals surface area contributed by atoms with E-state index in [1.165, 1.54) is 18.2 Å². The summed E-state index contributed by atoms with van der Waals surface area (Å²) in [6, 6.07) is 11.8. The molecule has 2 rings (SSSR count). The van der Waals surface area contributed by atoms with Crippen LogP contribution >= 0.6 is 0 Å². The average molecular weight is 362 g/mol. The molecule has 0 aromatic heterocycles. The van der Waals surface area contributed by atoms with Gasteiger partial charge in [0.1, 0.15) is 12.4 Å². The minimum Gasteiger partial charge on any atom is -0.489 e. The first kappa shape index (κ1) is 19.4. The normalized spacial score (nSPS) is 12.0. The van der Waals surface area contributed by atoms with Crippen molar-refractivity contribution in [1.29, 1.82) is 0 Å². The van der Waals surface area contributed by atoms with Crippen LogP contribution in [0.5, 0.6) is 5.75 Å². The summed E-state index contributed by atoms with van der Waals surface area (Å²) in [5.74, 6) is 4.53. The number of carbonyl (C=O) groups is 1. The second kappa shape index (κ2) is 8.43. The maximum atomic E-state index is 13.0. The molecule has 0 bridgehead atoms. The molecule has 0 aliphatic rings. The standard InChI is InChI=1S/C20H17F3O3/c1-2-5-15(12-19(24)25)14-8-10-17(11-9-14)26-13-16-6-3-4-7-18(16)20(21,22)23/h3-4,6-11,15H,12-13H2,1H3,(H,24,25). The van der Waals surface area contributed by atoms with Crippen LogP contribution in [0.1, 0.15) is 36.0 Å². The lowest BCUT2D eigenvalue weighted by Gasteiger charge is -2.14. The average Bonchev–Trinajstić information content (AvgIpc) is 2.59. The first-order chi connectivity index (χ1) is 12.3. The zero-order valence-corrected chi connectivity index (χ0v) is 14.0. The molecule has 0 aliphatic heterocycles. The summed E-state index contributed by atoms with van der Waals surface area (Å²) in [4.78, 5) is 10.9. The third-order valence-electron chi connectivity index (χ3n) is 3.70. The number of halogens is 3. The third-order valence-corrected chi connectivity index (χ3v) is 3.70. The SMILES string of the molecule is CC#CC(CC(=O)O)c1ccc(OCc2ccccc2C(F)(F)F)cc1. The molecular formula is C20H17F3O3. The van der Waals surface area contributed by atoms with Gasteiger partial charge in [-0.15, -0.1) is 5.92 Å². The van der Waals surface area contributed by atoms with Crippen molar-refractivity contribution in [3.05, 3.63) is 65.2 Å². The first-order valence-corrected chi connectivity index (χ1v) is 7.83. The number of alkyl halides is 3. The maximum Gasteiger partial charge on any atom is 0.416 e. The molecule has 26 heavy (non-hydrogen) atoms. The smallest absolute Gasteiger partial charge is 0.416 e. The van der Waals surface area contributed by atoms with Gasteiger partial charge in [0.25, 0.3) is 0 Å². The highest BCUT2D eigenvalue weighted by Crippen LogP contribution is 2.32. The van der Waals surface area contributed by atoms with Crippen molar-refractivity contribution >= 4 is 5.97 Å². The van der Waals surface area contributed by atoms with Crippen LogP contribution in [0.2, 0.25) is 0 Å². The predicted molar refractivity (Wildman–Crippen MR) is 90.7 cm³/mol. The first-order valence-electron chi connectivity index (χ1n) is 7.83. The van der Waals surface area contributed by atoms with Crippen LogP contribution in [-0.2, 0) is 17.6 Å². The minimum atomic E-state index is -4.44. The predicted octanol–water partition coefficient (Wildman–Crippen LogP) is 4.87. The monoisotopic (exact) mass is 362 g/mol. The van der Waals surface area contributed by atoms with E-state index in [1.54, 1.807) is 31.2 Å². The van der Waals surface area contributed by atoms with E-state index in [9.17, 15) is 18.0 Å². The number of hydrogen-bond acceptors (Lipinski definition) is 2. The molecule has 0 heterocycles. The summed E-state index contributed by atoms with van der Waals surface area (Å²) in [6.45, 7) is 1.41. The van der Waals surface area contributed by atoms with E-state index in [-0.39, 0.29) is 18.6 Å². The van der Waals surface area contributed by atoms with E-state index in [0.717, 1.165) is 6.07 Å². The molecule has 136 valence electrons. The largest absolute Gasteiger partial charge is 0.489 e. The summed E-state index contributed by atoms with van der Waals surface area (Å²) in [5.41, 5.74) is 0.0332. The molecule has 1 N–H and O–H groups in total. The molecule has 0 saturated heterocycles. The van der Waals surface area contributed by atoms with Crippen molar-refractivity contribution in [3.63, 3.8) is 0 Å². The van der Waals surface area contributed by atoms with Crippen LogP contribution in [0.25, 0.3) is 0 Å². The fourth-order valence-corrected chi connectivity index (χ4v) is 2.48. The van der Waals surface area contributed by atoms with Gasteiger partial charge in [0.2, 0.25) is 0 Å². The highest BCUT2D eigenvalue weighted by Gasteiger charge is 2.32. The van der Waals surface area contributed by atoms with Crippen molar-refractivity contribution in [2.24, 2.45) is 0 Å². The van der Waals surface area contributed by atoms with Gasteiger partial charge in [-0.05, 0) is 30.7 Å². The second-order valence-corrected chi connectivity index (χ2v) is 5.56. The molecule has 0 saturated carbocycles. The van der Waals surface area contributed by atoms with Gasteiger partial charge in [-0.2, -0.15) is 13.2 Å². The van der Waals surface area contributed by atoms with Gasteiger partial charge < -0.3 is 9.84 Å². The number of ether oxygens (including phenoxy) is 1. The molecule has 0 fully saturated rings. The van der Waals surface area contributed by atoms with Gasteiger partial charge in [-0.3, -0.25) is 4.79 Å². The van der Waals surface area contributed by atoms with E-state index in [2.05, 4.69) is 11.8 Å². The topological polar surface area (TPSA) is 46.5 Å². The van der Waals surface area contributed by atoms with Crippen LogP contribution in [0.15, 0.2) is 48.5 Å². The van der Waals surface area contributed by atoms with Gasteiger partial charge in [-0.1, -0.05) is 36.3 Å². The van der Waals surface area contributed by atoms with Crippen molar-refractivity contribution in [1.82, 2.24) is 0 Å². The van der Waals surface area contributed by atoms with E-state index in [0.29, 0.717) is 11.3 Å². The lowest BCUT2D eigenvalue weighted by molar-refractivity contribution is -0.139. The quantitative estimate of drug-likeness (QED) is 0.746. The lowest BCUT2D eigenvalue weighted by Crippen LogP contribution is -2.10. The van der Waals surface area contributed by atoms with Crippen molar-refractivity contribution in [2.75, 3.05) is 0 Å².